The van der Waals surface area contributed by atoms with E-state index in [1.54, 1.807) is 13.2 Å². The molecule has 0 saturated carbocycles. The van der Waals surface area contributed by atoms with Gasteiger partial charge in [0.25, 0.3) is 0 Å². The average Bonchev–Trinajstić information content (AvgIpc) is 3.26. The van der Waals surface area contributed by atoms with E-state index >= 15 is 0 Å². The molecule has 3 N–H and O–H groups in total. The Kier molecular flexibility index (Phi) is 7.65. The van der Waals surface area contributed by atoms with E-state index in [1.165, 1.54) is 16.7 Å². The van der Waals surface area contributed by atoms with Crippen LogP contribution in [0.1, 0.15) is 47.9 Å². The zero-order chi connectivity index (χ0) is 25.8. The first-order valence-electron chi connectivity index (χ1n) is 13.1. The largest absolute Gasteiger partial charge is 0.504 e. The summed E-state index contributed by atoms with van der Waals surface area (Å²) in [5, 5.41) is 10.5. The second kappa shape index (κ2) is 11.3. The van der Waals surface area contributed by atoms with E-state index in [-0.39, 0.29) is 18.5 Å². The van der Waals surface area contributed by atoms with Gasteiger partial charge in [-0.25, -0.2) is 0 Å². The van der Waals surface area contributed by atoms with Crippen LogP contribution >= 0.6 is 0 Å². The van der Waals surface area contributed by atoms with Crippen molar-refractivity contribution in [2.24, 2.45) is 0 Å². The molecule has 194 valence electrons. The highest BCUT2D eigenvalue weighted by molar-refractivity contribution is 6.00. The van der Waals surface area contributed by atoms with Gasteiger partial charge in [-0.1, -0.05) is 24.3 Å². The highest BCUT2D eigenvalue weighted by Crippen LogP contribution is 2.42. The number of benzene rings is 3. The number of allylic oxidation sites excluding steroid dienone is 1. The smallest absolute Gasteiger partial charge is 0.160 e. The molecule has 3 aromatic rings. The van der Waals surface area contributed by atoms with Gasteiger partial charge in [-0.3, -0.25) is 9.29 Å². The maximum Gasteiger partial charge on any atom is 0.160 e. The van der Waals surface area contributed by atoms with E-state index in [0.29, 0.717) is 12.2 Å². The molecule has 5 nitrogen and oxygen atoms in total. The van der Waals surface area contributed by atoms with Gasteiger partial charge >= 0.3 is 0 Å². The van der Waals surface area contributed by atoms with Crippen molar-refractivity contribution in [1.82, 2.24) is 4.90 Å². The van der Waals surface area contributed by atoms with E-state index in [9.17, 15) is 9.50 Å². The minimum absolute atomic E-state index is 0.129. The molecule has 1 heterocycles. The number of likely N-dealkylation sites (tertiary alicyclic amines) is 1. The monoisotopic (exact) mass is 502 g/mol. The van der Waals surface area contributed by atoms with Crippen molar-refractivity contribution in [2.45, 2.75) is 38.2 Å². The van der Waals surface area contributed by atoms with Crippen molar-refractivity contribution in [3.05, 3.63) is 82.9 Å². The van der Waals surface area contributed by atoms with Crippen molar-refractivity contribution >= 4 is 16.8 Å². The van der Waals surface area contributed by atoms with Crippen molar-refractivity contribution < 1.29 is 19.0 Å². The zero-order valence-corrected chi connectivity index (χ0v) is 21.4. The molecular weight excluding hydrogens is 467 g/mol. The van der Waals surface area contributed by atoms with E-state index in [0.717, 1.165) is 73.5 Å². The topological polar surface area (TPSA) is 68.0 Å². The summed E-state index contributed by atoms with van der Waals surface area (Å²) in [5.74, 6) is 1.44. The van der Waals surface area contributed by atoms with Gasteiger partial charge in [-0.05, 0) is 102 Å². The number of alkyl halides is 1. The molecule has 1 aliphatic carbocycles. The number of nitrogen functional groups attached to an aromatic ring is 1. The molecule has 0 radical (unpaired) electrons. The summed E-state index contributed by atoms with van der Waals surface area (Å²) in [5.41, 5.74) is 13.8. The summed E-state index contributed by atoms with van der Waals surface area (Å²) in [6.45, 7) is 2.31. The molecule has 0 bridgehead atoms. The van der Waals surface area contributed by atoms with Crippen LogP contribution < -0.4 is 15.2 Å². The third-order valence-corrected chi connectivity index (χ3v) is 7.38. The third kappa shape index (κ3) is 5.59. The molecule has 1 unspecified atom stereocenters. The fourth-order valence-corrected chi connectivity index (χ4v) is 5.58. The van der Waals surface area contributed by atoms with Gasteiger partial charge < -0.3 is 20.3 Å². The number of aryl methyl sites for hydroxylation is 1. The number of phenols is 1. The quantitative estimate of drug-likeness (QED) is 0.365. The van der Waals surface area contributed by atoms with Crippen LogP contribution in [-0.4, -0.2) is 49.5 Å². The molecule has 1 aliphatic heterocycles. The van der Waals surface area contributed by atoms with Crippen LogP contribution in [0.4, 0.5) is 10.1 Å². The van der Waals surface area contributed by atoms with Crippen molar-refractivity contribution in [1.29, 1.82) is 0 Å². The Morgan fingerprint density at radius 3 is 2.59 bits per heavy atom. The Morgan fingerprint density at radius 1 is 1.03 bits per heavy atom. The first-order chi connectivity index (χ1) is 18.1. The number of methoxy groups -OCH3 is 1. The van der Waals surface area contributed by atoms with Gasteiger partial charge in [0.15, 0.2) is 11.5 Å². The highest BCUT2D eigenvalue weighted by atomic mass is 19.1. The normalized spacial score (nSPS) is 17.9. The summed E-state index contributed by atoms with van der Waals surface area (Å²) < 4.78 is 24.1. The van der Waals surface area contributed by atoms with Crippen LogP contribution in [0.5, 0.6) is 17.2 Å². The Hall–Kier alpha value is -3.51. The maximum absolute atomic E-state index is 12.5. The number of halogens is 1. The molecule has 2 aliphatic rings. The number of ether oxygens (including phenoxy) is 2. The van der Waals surface area contributed by atoms with Crippen LogP contribution in [-0.2, 0) is 6.42 Å². The van der Waals surface area contributed by atoms with Gasteiger partial charge in [-0.15, -0.1) is 0 Å². The summed E-state index contributed by atoms with van der Waals surface area (Å²) in [6, 6.07) is 20.1. The SMILES string of the molecule is COc1ccc(C2=C(c3ccc(OC4CCN(CCCF)C4)cc3)c3ccc(N)cc3CCC2)cc1O. The van der Waals surface area contributed by atoms with Crippen LogP contribution in [0.3, 0.4) is 0 Å². The van der Waals surface area contributed by atoms with Crippen LogP contribution in [0, 0.1) is 0 Å². The Bertz CT molecular complexity index is 1270. The average molecular weight is 503 g/mol. The predicted molar refractivity (Wildman–Crippen MR) is 147 cm³/mol. The zero-order valence-electron chi connectivity index (χ0n) is 21.4. The maximum atomic E-state index is 12.5. The number of phenolic OH excluding ortho intramolecular Hbond substituents is 1. The minimum atomic E-state index is -0.271. The van der Waals surface area contributed by atoms with Gasteiger partial charge in [0.05, 0.1) is 13.8 Å². The summed E-state index contributed by atoms with van der Waals surface area (Å²) in [6.07, 6.45) is 4.48. The van der Waals surface area contributed by atoms with E-state index < -0.39 is 0 Å². The van der Waals surface area contributed by atoms with Crippen LogP contribution in [0.15, 0.2) is 60.7 Å². The van der Waals surface area contributed by atoms with Crippen molar-refractivity contribution in [3.63, 3.8) is 0 Å². The summed E-state index contributed by atoms with van der Waals surface area (Å²) >= 11 is 0. The van der Waals surface area contributed by atoms with Gasteiger partial charge in [0.2, 0.25) is 0 Å². The Morgan fingerprint density at radius 2 is 1.84 bits per heavy atom. The molecule has 1 fully saturated rings. The summed E-state index contributed by atoms with van der Waals surface area (Å²) in [4.78, 5) is 2.27. The fourth-order valence-electron chi connectivity index (χ4n) is 5.58. The predicted octanol–water partition coefficient (Wildman–Crippen LogP) is 6.09. The molecule has 1 atom stereocenters. The van der Waals surface area contributed by atoms with E-state index in [4.69, 9.17) is 15.2 Å². The molecule has 0 spiro atoms. The number of rotatable bonds is 8. The highest BCUT2D eigenvalue weighted by Gasteiger charge is 2.24. The lowest BCUT2D eigenvalue weighted by Gasteiger charge is -2.19. The van der Waals surface area contributed by atoms with E-state index in [1.807, 2.05) is 30.3 Å². The van der Waals surface area contributed by atoms with Crippen molar-refractivity contribution in [3.8, 4) is 17.2 Å². The summed E-state index contributed by atoms with van der Waals surface area (Å²) in [7, 11) is 1.56. The first kappa shape index (κ1) is 25.2. The second-order valence-corrected chi connectivity index (χ2v) is 9.91. The molecule has 0 amide bonds. The molecule has 5 rings (SSSR count). The Balaban J connectivity index is 1.48. The number of fused-ring (bicyclic) bond motifs is 1. The third-order valence-electron chi connectivity index (χ3n) is 7.38. The molecule has 6 heteroatoms. The molecule has 0 aromatic heterocycles. The number of nitrogens with zero attached hydrogens (tertiary/aromatic N) is 1. The number of hydrogen-bond donors (Lipinski definition) is 2. The van der Waals surface area contributed by atoms with Crippen LogP contribution in [0.25, 0.3) is 11.1 Å². The number of hydrogen-bond acceptors (Lipinski definition) is 5. The van der Waals surface area contributed by atoms with Crippen LogP contribution in [0.2, 0.25) is 0 Å². The molecule has 1 saturated heterocycles. The van der Waals surface area contributed by atoms with Crippen molar-refractivity contribution in [2.75, 3.05) is 39.2 Å². The standard InChI is InChI=1S/C31H35FN2O3/c1-36-30-13-8-23(19-29(30)35)27-5-2-4-22-18-24(33)9-12-28(22)31(27)21-6-10-25(11-7-21)37-26-14-17-34(20-26)16-3-15-32/h6-13,18-19,26,35H,2-5,14-17,20,33H2,1H3. The second-order valence-electron chi connectivity index (χ2n) is 9.91. The van der Waals surface area contributed by atoms with Gasteiger partial charge in [-0.2, -0.15) is 0 Å². The minimum Gasteiger partial charge on any atom is -0.504 e. The lowest BCUT2D eigenvalue weighted by molar-refractivity contribution is 0.198. The number of aromatic hydroxyl groups is 1. The molecular formula is C31H35FN2O3. The number of nitrogens with two attached hydrogens (primary N) is 1. The Labute approximate surface area is 218 Å². The first-order valence-corrected chi connectivity index (χ1v) is 13.1. The molecule has 3 aromatic carbocycles. The van der Waals surface area contributed by atoms with Gasteiger partial charge in [0.1, 0.15) is 11.9 Å². The lowest BCUT2D eigenvalue weighted by Crippen LogP contribution is -2.26. The van der Waals surface area contributed by atoms with Gasteiger partial charge in [0, 0.05) is 25.3 Å². The lowest BCUT2D eigenvalue weighted by atomic mass is 9.87. The molecule has 37 heavy (non-hydrogen) atoms. The van der Waals surface area contributed by atoms with E-state index in [2.05, 4.69) is 29.2 Å². The number of anilines is 1. The fraction of sp³-hybridized carbons (Fsp3) is 0.355.